The minimum absolute atomic E-state index is 0.293. The largest absolute Gasteiger partial charge is 0.370 e. The Morgan fingerprint density at radius 3 is 2.69 bits per heavy atom. The maximum Gasteiger partial charge on any atom is 0.150 e. The fourth-order valence-electron chi connectivity index (χ4n) is 1.73. The molecule has 0 fully saturated rings. The summed E-state index contributed by atoms with van der Waals surface area (Å²) in [6, 6.07) is 4.87. The first kappa shape index (κ1) is 12.7. The normalized spacial score (nSPS) is 12.2. The number of anilines is 1. The molecule has 1 aromatic rings. The van der Waals surface area contributed by atoms with E-state index in [1.165, 1.54) is 6.07 Å². The van der Waals surface area contributed by atoms with E-state index in [4.69, 9.17) is 0 Å². The summed E-state index contributed by atoms with van der Waals surface area (Å²) in [7, 11) is 1.87. The second-order valence-electron chi connectivity index (χ2n) is 4.08. The maximum atomic E-state index is 13.7. The molecule has 1 atom stereocenters. The lowest BCUT2D eigenvalue weighted by molar-refractivity contribution is 0.112. The van der Waals surface area contributed by atoms with Crippen molar-refractivity contribution in [2.24, 2.45) is 0 Å². The van der Waals surface area contributed by atoms with Crippen LogP contribution in [0.1, 0.15) is 37.0 Å². The highest BCUT2D eigenvalue weighted by Gasteiger charge is 2.13. The van der Waals surface area contributed by atoms with Crippen LogP contribution >= 0.6 is 0 Å². The minimum Gasteiger partial charge on any atom is -0.370 e. The Morgan fingerprint density at radius 2 is 2.19 bits per heavy atom. The molecule has 0 aromatic heterocycles. The molecule has 2 nitrogen and oxygen atoms in total. The molecule has 16 heavy (non-hydrogen) atoms. The van der Waals surface area contributed by atoms with Gasteiger partial charge in [0.15, 0.2) is 0 Å². The summed E-state index contributed by atoms with van der Waals surface area (Å²) in [5, 5.41) is 0. The number of benzene rings is 1. The van der Waals surface area contributed by atoms with Gasteiger partial charge in [0.2, 0.25) is 0 Å². The predicted octanol–water partition coefficient (Wildman–Crippen LogP) is 3.26. The zero-order valence-electron chi connectivity index (χ0n) is 10.0. The molecule has 0 aliphatic carbocycles. The van der Waals surface area contributed by atoms with Gasteiger partial charge in [-0.2, -0.15) is 0 Å². The third-order valence-corrected chi connectivity index (χ3v) is 2.86. The van der Waals surface area contributed by atoms with E-state index in [9.17, 15) is 9.18 Å². The summed E-state index contributed by atoms with van der Waals surface area (Å²) in [6.45, 7) is 4.17. The molecule has 0 saturated carbocycles. The third-order valence-electron chi connectivity index (χ3n) is 2.86. The van der Waals surface area contributed by atoms with Crippen molar-refractivity contribution in [1.82, 2.24) is 0 Å². The summed E-state index contributed by atoms with van der Waals surface area (Å²) in [6.07, 6.45) is 2.74. The van der Waals surface area contributed by atoms with Crippen LogP contribution in [0, 0.1) is 5.82 Å². The SMILES string of the molecule is CCCC(C)N(C)c1ccc(C=O)cc1F. The zero-order valence-corrected chi connectivity index (χ0v) is 10.0. The summed E-state index contributed by atoms with van der Waals surface area (Å²) in [5.41, 5.74) is 0.921. The van der Waals surface area contributed by atoms with Crippen LogP contribution in [0.3, 0.4) is 0 Å². The summed E-state index contributed by atoms with van der Waals surface area (Å²) >= 11 is 0. The van der Waals surface area contributed by atoms with E-state index in [1.807, 2.05) is 11.9 Å². The number of nitrogens with zero attached hydrogens (tertiary/aromatic N) is 1. The van der Waals surface area contributed by atoms with E-state index >= 15 is 0 Å². The van der Waals surface area contributed by atoms with Crippen LogP contribution in [0.15, 0.2) is 18.2 Å². The first-order valence-corrected chi connectivity index (χ1v) is 5.57. The van der Waals surface area contributed by atoms with Gasteiger partial charge in [0.25, 0.3) is 0 Å². The predicted molar refractivity (Wildman–Crippen MR) is 64.6 cm³/mol. The molecule has 88 valence electrons. The third kappa shape index (κ3) is 2.81. The summed E-state index contributed by atoms with van der Waals surface area (Å²) < 4.78 is 13.7. The minimum atomic E-state index is -0.338. The van der Waals surface area contributed by atoms with Crippen molar-refractivity contribution in [3.63, 3.8) is 0 Å². The van der Waals surface area contributed by atoms with Crippen LogP contribution < -0.4 is 4.90 Å². The molecule has 0 aliphatic heterocycles. The van der Waals surface area contributed by atoms with Crippen LogP contribution in [0.4, 0.5) is 10.1 Å². The Bertz CT molecular complexity index is 365. The van der Waals surface area contributed by atoms with Gasteiger partial charge in [0, 0.05) is 18.7 Å². The molecule has 1 unspecified atom stereocenters. The van der Waals surface area contributed by atoms with E-state index in [0.29, 0.717) is 23.6 Å². The Labute approximate surface area is 96.1 Å². The van der Waals surface area contributed by atoms with Crippen LogP contribution in [-0.2, 0) is 0 Å². The molecule has 0 radical (unpaired) electrons. The number of aldehydes is 1. The molecule has 0 spiro atoms. The van der Waals surface area contributed by atoms with E-state index in [1.54, 1.807) is 12.1 Å². The highest BCUT2D eigenvalue weighted by atomic mass is 19.1. The molecule has 0 bridgehead atoms. The molecule has 0 heterocycles. The number of hydrogen-bond acceptors (Lipinski definition) is 2. The fraction of sp³-hybridized carbons (Fsp3) is 0.462. The van der Waals surface area contributed by atoms with Gasteiger partial charge >= 0.3 is 0 Å². The van der Waals surface area contributed by atoms with E-state index in [-0.39, 0.29) is 5.82 Å². The first-order valence-electron chi connectivity index (χ1n) is 5.57. The van der Waals surface area contributed by atoms with Crippen molar-refractivity contribution < 1.29 is 9.18 Å². The van der Waals surface area contributed by atoms with Crippen LogP contribution in [0.5, 0.6) is 0 Å². The Morgan fingerprint density at radius 1 is 1.50 bits per heavy atom. The van der Waals surface area contributed by atoms with Crippen molar-refractivity contribution in [1.29, 1.82) is 0 Å². The topological polar surface area (TPSA) is 20.3 Å². The lowest BCUT2D eigenvalue weighted by atomic mass is 10.1. The van der Waals surface area contributed by atoms with Gasteiger partial charge in [-0.05, 0) is 31.5 Å². The number of carbonyl (C=O) groups is 1. The Balaban J connectivity index is 2.91. The summed E-state index contributed by atoms with van der Waals surface area (Å²) in [5.74, 6) is -0.338. The lowest BCUT2D eigenvalue weighted by Crippen LogP contribution is -2.29. The quantitative estimate of drug-likeness (QED) is 0.714. The molecule has 3 heteroatoms. The first-order chi connectivity index (χ1) is 7.60. The van der Waals surface area contributed by atoms with Gasteiger partial charge in [-0.1, -0.05) is 13.3 Å². The number of rotatable bonds is 5. The molecule has 0 N–H and O–H groups in total. The second kappa shape index (κ2) is 5.64. The average Bonchev–Trinajstić information content (AvgIpc) is 2.28. The molecular formula is C13H18FNO. The molecular weight excluding hydrogens is 205 g/mol. The average molecular weight is 223 g/mol. The van der Waals surface area contributed by atoms with Crippen LogP contribution in [0.25, 0.3) is 0 Å². The van der Waals surface area contributed by atoms with Gasteiger partial charge in [-0.15, -0.1) is 0 Å². The number of halogens is 1. The van der Waals surface area contributed by atoms with Crippen LogP contribution in [-0.4, -0.2) is 19.4 Å². The second-order valence-corrected chi connectivity index (χ2v) is 4.08. The molecule has 0 saturated heterocycles. The van der Waals surface area contributed by atoms with Crippen molar-refractivity contribution in [2.45, 2.75) is 32.7 Å². The van der Waals surface area contributed by atoms with E-state index < -0.39 is 0 Å². The zero-order chi connectivity index (χ0) is 12.1. The molecule has 0 aliphatic rings. The van der Waals surface area contributed by atoms with Gasteiger partial charge in [0.1, 0.15) is 12.1 Å². The van der Waals surface area contributed by atoms with Crippen molar-refractivity contribution >= 4 is 12.0 Å². The molecule has 0 amide bonds. The van der Waals surface area contributed by atoms with E-state index in [2.05, 4.69) is 13.8 Å². The number of hydrogen-bond donors (Lipinski definition) is 0. The summed E-state index contributed by atoms with van der Waals surface area (Å²) in [4.78, 5) is 12.4. The van der Waals surface area contributed by atoms with Crippen LogP contribution in [0.2, 0.25) is 0 Å². The monoisotopic (exact) mass is 223 g/mol. The van der Waals surface area contributed by atoms with Crippen molar-refractivity contribution in [3.05, 3.63) is 29.6 Å². The standard InChI is InChI=1S/C13H18FNO/c1-4-5-10(2)15(3)13-7-6-11(9-16)8-12(13)14/h6-10H,4-5H2,1-3H3. The van der Waals surface area contributed by atoms with Gasteiger partial charge in [-0.25, -0.2) is 4.39 Å². The number of carbonyl (C=O) groups excluding carboxylic acids is 1. The maximum absolute atomic E-state index is 13.7. The highest BCUT2D eigenvalue weighted by molar-refractivity contribution is 5.76. The highest BCUT2D eigenvalue weighted by Crippen LogP contribution is 2.22. The van der Waals surface area contributed by atoms with Gasteiger partial charge in [0.05, 0.1) is 5.69 Å². The van der Waals surface area contributed by atoms with Crippen molar-refractivity contribution in [2.75, 3.05) is 11.9 Å². The van der Waals surface area contributed by atoms with Gasteiger partial charge in [-0.3, -0.25) is 4.79 Å². The smallest absolute Gasteiger partial charge is 0.150 e. The Hall–Kier alpha value is -1.38. The molecule has 1 aromatic carbocycles. The Kier molecular flexibility index (Phi) is 4.47. The fourth-order valence-corrected chi connectivity index (χ4v) is 1.73. The van der Waals surface area contributed by atoms with Crippen molar-refractivity contribution in [3.8, 4) is 0 Å². The van der Waals surface area contributed by atoms with E-state index in [0.717, 1.165) is 12.8 Å². The lowest BCUT2D eigenvalue weighted by Gasteiger charge is -2.27. The van der Waals surface area contributed by atoms with Gasteiger partial charge < -0.3 is 4.90 Å². The molecule has 1 rings (SSSR count).